The molecule has 1 saturated heterocycles. The SMILES string of the molecule is CC(C)(C)OC(=O)N(CCCCCN1CC[C@@H](C(C(N)=O)(c2ccccc2)c2ccccc2)C1)C(=O)OC(C)(C)C. The van der Waals surface area contributed by atoms with E-state index in [1.165, 1.54) is 0 Å². The van der Waals surface area contributed by atoms with Crippen LogP contribution in [0.4, 0.5) is 9.59 Å². The first-order valence-electron chi connectivity index (χ1n) is 14.6. The number of primary amides is 1. The quantitative estimate of drug-likeness (QED) is 0.348. The minimum atomic E-state index is -0.904. The van der Waals surface area contributed by atoms with Gasteiger partial charge < -0.3 is 20.1 Å². The molecule has 0 saturated carbocycles. The lowest BCUT2D eigenvalue weighted by atomic mass is 9.64. The second-order valence-electron chi connectivity index (χ2n) is 12.9. The minimum absolute atomic E-state index is 0.0413. The maximum atomic E-state index is 13.3. The fourth-order valence-corrected chi connectivity index (χ4v) is 5.59. The summed E-state index contributed by atoms with van der Waals surface area (Å²) in [6.07, 6.45) is 1.81. The van der Waals surface area contributed by atoms with Crippen LogP contribution in [0.1, 0.15) is 78.4 Å². The Kier molecular flexibility index (Phi) is 10.6. The maximum Gasteiger partial charge on any atom is 0.419 e. The molecule has 0 aliphatic carbocycles. The summed E-state index contributed by atoms with van der Waals surface area (Å²) in [5.74, 6) is -0.286. The van der Waals surface area contributed by atoms with Gasteiger partial charge in [-0.1, -0.05) is 67.1 Å². The van der Waals surface area contributed by atoms with Crippen molar-refractivity contribution in [3.05, 3.63) is 71.8 Å². The summed E-state index contributed by atoms with van der Waals surface area (Å²) in [5.41, 5.74) is 5.73. The van der Waals surface area contributed by atoms with E-state index in [4.69, 9.17) is 15.2 Å². The van der Waals surface area contributed by atoms with E-state index in [-0.39, 0.29) is 18.4 Å². The lowest BCUT2D eigenvalue weighted by Crippen LogP contribution is -2.49. The molecule has 224 valence electrons. The minimum Gasteiger partial charge on any atom is -0.443 e. The molecule has 8 heteroatoms. The molecule has 8 nitrogen and oxygen atoms in total. The number of hydrogen-bond acceptors (Lipinski definition) is 6. The van der Waals surface area contributed by atoms with Gasteiger partial charge in [-0.25, -0.2) is 14.5 Å². The fourth-order valence-electron chi connectivity index (χ4n) is 5.59. The van der Waals surface area contributed by atoms with Crippen LogP contribution in [-0.4, -0.2) is 65.3 Å². The Morgan fingerprint density at radius 3 is 1.73 bits per heavy atom. The van der Waals surface area contributed by atoms with Gasteiger partial charge in [0.25, 0.3) is 0 Å². The van der Waals surface area contributed by atoms with Crippen LogP contribution in [0.5, 0.6) is 0 Å². The van der Waals surface area contributed by atoms with E-state index in [1.807, 2.05) is 60.7 Å². The first-order valence-corrected chi connectivity index (χ1v) is 14.6. The van der Waals surface area contributed by atoms with Gasteiger partial charge in [-0.15, -0.1) is 0 Å². The summed E-state index contributed by atoms with van der Waals surface area (Å²) in [6.45, 7) is 13.3. The highest BCUT2D eigenvalue weighted by Crippen LogP contribution is 2.43. The molecule has 2 N–H and O–H groups in total. The highest BCUT2D eigenvalue weighted by Gasteiger charge is 2.49. The van der Waals surface area contributed by atoms with Crippen molar-refractivity contribution in [3.63, 3.8) is 0 Å². The van der Waals surface area contributed by atoms with E-state index in [2.05, 4.69) is 4.90 Å². The highest BCUT2D eigenvalue weighted by atomic mass is 16.6. The zero-order chi connectivity index (χ0) is 30.3. The van der Waals surface area contributed by atoms with E-state index >= 15 is 0 Å². The topological polar surface area (TPSA) is 102 Å². The van der Waals surface area contributed by atoms with Crippen LogP contribution in [0, 0.1) is 5.92 Å². The van der Waals surface area contributed by atoms with Gasteiger partial charge in [0.1, 0.15) is 16.6 Å². The Bertz CT molecular complexity index is 1090. The number of unbranched alkanes of at least 4 members (excludes halogenated alkanes) is 2. The largest absolute Gasteiger partial charge is 0.443 e. The van der Waals surface area contributed by atoms with Gasteiger partial charge in [-0.2, -0.15) is 0 Å². The molecule has 3 rings (SSSR count). The number of likely N-dealkylation sites (tertiary alicyclic amines) is 1. The average Bonchev–Trinajstić information content (AvgIpc) is 3.34. The predicted molar refractivity (Wildman–Crippen MR) is 160 cm³/mol. The van der Waals surface area contributed by atoms with Gasteiger partial charge in [-0.05, 0) is 90.9 Å². The third-order valence-electron chi connectivity index (χ3n) is 7.32. The maximum absolute atomic E-state index is 13.3. The number of imide groups is 1. The van der Waals surface area contributed by atoms with Crippen molar-refractivity contribution >= 4 is 18.1 Å². The molecule has 0 spiro atoms. The molecule has 2 aromatic rings. The predicted octanol–water partition coefficient (Wildman–Crippen LogP) is 6.12. The smallest absolute Gasteiger partial charge is 0.419 e. The molecular formula is C33H47N3O5. The first kappa shape index (κ1) is 32.1. The van der Waals surface area contributed by atoms with Gasteiger partial charge in [0.15, 0.2) is 0 Å². The average molecular weight is 566 g/mol. The van der Waals surface area contributed by atoms with Crippen molar-refractivity contribution in [2.24, 2.45) is 11.7 Å². The standard InChI is InChI=1S/C33H47N3O5/c1-31(2,3)40-29(38)36(30(39)41-32(4,5)6)22-15-9-14-21-35-23-20-27(24-35)33(28(34)37,25-16-10-7-11-17-25)26-18-12-8-13-19-26/h7-8,10-13,16-19,27H,9,14-15,20-24H2,1-6H3,(H2,34,37)/t27-/m1/s1. The summed E-state index contributed by atoms with van der Waals surface area (Å²) < 4.78 is 10.9. The third kappa shape index (κ3) is 8.55. The van der Waals surface area contributed by atoms with Crippen LogP contribution in [0.3, 0.4) is 0 Å². The number of benzene rings is 2. The number of amides is 3. The van der Waals surface area contributed by atoms with E-state index < -0.39 is 28.8 Å². The number of rotatable bonds is 10. The molecule has 1 heterocycles. The number of ether oxygens (including phenoxy) is 2. The Labute approximate surface area is 245 Å². The molecule has 41 heavy (non-hydrogen) atoms. The van der Waals surface area contributed by atoms with Crippen molar-refractivity contribution in [1.82, 2.24) is 9.80 Å². The molecule has 0 bridgehead atoms. The van der Waals surface area contributed by atoms with Gasteiger partial charge in [0.05, 0.1) is 0 Å². The Morgan fingerprint density at radius 1 is 0.805 bits per heavy atom. The van der Waals surface area contributed by atoms with Crippen LogP contribution in [0.2, 0.25) is 0 Å². The zero-order valence-electron chi connectivity index (χ0n) is 25.5. The number of nitrogens with zero attached hydrogens (tertiary/aromatic N) is 2. The van der Waals surface area contributed by atoms with Crippen molar-refractivity contribution < 1.29 is 23.9 Å². The summed E-state index contributed by atoms with van der Waals surface area (Å²) in [4.78, 5) is 42.2. The lowest BCUT2D eigenvalue weighted by Gasteiger charge is -2.37. The number of carbonyl (C=O) groups is 3. The van der Waals surface area contributed by atoms with Crippen LogP contribution >= 0.6 is 0 Å². The van der Waals surface area contributed by atoms with E-state index in [0.29, 0.717) is 6.42 Å². The van der Waals surface area contributed by atoms with Crippen molar-refractivity contribution in [3.8, 4) is 0 Å². The highest BCUT2D eigenvalue weighted by molar-refractivity contribution is 5.91. The van der Waals surface area contributed by atoms with Gasteiger partial charge in [0.2, 0.25) is 5.91 Å². The molecule has 0 radical (unpaired) electrons. The Balaban J connectivity index is 1.62. The summed E-state index contributed by atoms with van der Waals surface area (Å²) >= 11 is 0. The van der Waals surface area contributed by atoms with Crippen molar-refractivity contribution in [2.45, 2.75) is 83.8 Å². The van der Waals surface area contributed by atoms with E-state index in [9.17, 15) is 14.4 Å². The van der Waals surface area contributed by atoms with Gasteiger partial charge in [0, 0.05) is 13.1 Å². The summed E-state index contributed by atoms with van der Waals surface area (Å²) in [6, 6.07) is 19.7. The Hall–Kier alpha value is -3.39. The molecule has 0 aromatic heterocycles. The molecular weight excluding hydrogens is 518 g/mol. The molecule has 2 aromatic carbocycles. The van der Waals surface area contributed by atoms with E-state index in [0.717, 1.165) is 54.9 Å². The molecule has 1 fully saturated rings. The van der Waals surface area contributed by atoms with E-state index in [1.54, 1.807) is 41.5 Å². The molecule has 0 unspecified atom stereocenters. The number of hydrogen-bond donors (Lipinski definition) is 1. The molecule has 1 aliphatic heterocycles. The fraction of sp³-hybridized carbons (Fsp3) is 0.545. The monoisotopic (exact) mass is 565 g/mol. The summed E-state index contributed by atoms with van der Waals surface area (Å²) in [5, 5.41) is 0. The number of carbonyl (C=O) groups excluding carboxylic acids is 3. The second kappa shape index (κ2) is 13.5. The van der Waals surface area contributed by atoms with Crippen LogP contribution in [0.15, 0.2) is 60.7 Å². The molecule has 1 aliphatic rings. The number of nitrogens with two attached hydrogens (primary N) is 1. The van der Waals surface area contributed by atoms with Gasteiger partial charge >= 0.3 is 12.2 Å². The molecule has 3 amide bonds. The van der Waals surface area contributed by atoms with Gasteiger partial charge in [-0.3, -0.25) is 4.79 Å². The Morgan fingerprint density at radius 2 is 1.29 bits per heavy atom. The van der Waals surface area contributed by atoms with Crippen molar-refractivity contribution in [1.29, 1.82) is 0 Å². The van der Waals surface area contributed by atoms with Crippen LogP contribution < -0.4 is 5.73 Å². The van der Waals surface area contributed by atoms with Crippen LogP contribution in [0.25, 0.3) is 0 Å². The third-order valence-corrected chi connectivity index (χ3v) is 7.32. The normalized spacial score (nSPS) is 16.3. The summed E-state index contributed by atoms with van der Waals surface area (Å²) in [7, 11) is 0. The second-order valence-corrected chi connectivity index (χ2v) is 12.9. The van der Waals surface area contributed by atoms with Crippen molar-refractivity contribution in [2.75, 3.05) is 26.2 Å². The molecule has 1 atom stereocenters. The lowest BCUT2D eigenvalue weighted by molar-refractivity contribution is -0.123. The first-order chi connectivity index (χ1) is 19.2. The van der Waals surface area contributed by atoms with Crippen LogP contribution in [-0.2, 0) is 19.7 Å². The zero-order valence-corrected chi connectivity index (χ0v) is 25.5.